The molecule has 37 heavy (non-hydrogen) atoms. The summed E-state index contributed by atoms with van der Waals surface area (Å²) in [4.78, 5) is 0. The molecule has 1 aliphatic heterocycles. The SMILES string of the molecule is CC(C)(C)c1cccc(C2(NCC(O)C(Cc3cc(F)cc(F)c3)NCC3CCNC3)CCCCC2)c1. The number of rotatable bonds is 10. The highest BCUT2D eigenvalue weighted by atomic mass is 19.1. The average Bonchev–Trinajstić information content (AvgIpc) is 3.38. The van der Waals surface area contributed by atoms with E-state index in [1.165, 1.54) is 29.7 Å². The van der Waals surface area contributed by atoms with Gasteiger partial charge in [0.2, 0.25) is 0 Å². The summed E-state index contributed by atoms with van der Waals surface area (Å²) in [6, 6.07) is 12.2. The lowest BCUT2D eigenvalue weighted by molar-refractivity contribution is 0.102. The third-order valence-electron chi connectivity index (χ3n) is 8.31. The van der Waals surface area contributed by atoms with E-state index in [4.69, 9.17) is 0 Å². The van der Waals surface area contributed by atoms with Gasteiger partial charge in [-0.3, -0.25) is 0 Å². The van der Waals surface area contributed by atoms with Crippen molar-refractivity contribution in [3.63, 3.8) is 0 Å². The lowest BCUT2D eigenvalue weighted by Crippen LogP contribution is -2.53. The highest BCUT2D eigenvalue weighted by Gasteiger charge is 2.35. The summed E-state index contributed by atoms with van der Waals surface area (Å²) in [5.74, 6) is -0.667. The predicted molar refractivity (Wildman–Crippen MR) is 147 cm³/mol. The zero-order chi connectivity index (χ0) is 26.5. The van der Waals surface area contributed by atoms with E-state index in [0.29, 0.717) is 24.4 Å². The maximum atomic E-state index is 13.9. The summed E-state index contributed by atoms with van der Waals surface area (Å²) in [6.07, 6.45) is 6.37. The maximum absolute atomic E-state index is 13.9. The Morgan fingerprint density at radius 2 is 1.78 bits per heavy atom. The third-order valence-corrected chi connectivity index (χ3v) is 8.31. The molecule has 3 atom stereocenters. The molecule has 1 saturated carbocycles. The molecular weight excluding hydrogens is 468 g/mol. The van der Waals surface area contributed by atoms with Crippen LogP contribution in [0.3, 0.4) is 0 Å². The van der Waals surface area contributed by atoms with Gasteiger partial charge in [-0.15, -0.1) is 0 Å². The van der Waals surface area contributed by atoms with Crippen LogP contribution in [0.15, 0.2) is 42.5 Å². The van der Waals surface area contributed by atoms with Gasteiger partial charge in [-0.2, -0.15) is 0 Å². The fourth-order valence-corrected chi connectivity index (χ4v) is 5.98. The molecule has 0 amide bonds. The van der Waals surface area contributed by atoms with Crippen molar-refractivity contribution in [2.45, 2.75) is 88.8 Å². The highest BCUT2D eigenvalue weighted by Crippen LogP contribution is 2.38. The van der Waals surface area contributed by atoms with Crippen LogP contribution in [0.5, 0.6) is 0 Å². The quantitative estimate of drug-likeness (QED) is 0.354. The first-order valence-electron chi connectivity index (χ1n) is 14.1. The second kappa shape index (κ2) is 12.3. The number of hydrogen-bond donors (Lipinski definition) is 4. The van der Waals surface area contributed by atoms with Gasteiger partial charge in [0.15, 0.2) is 0 Å². The van der Waals surface area contributed by atoms with Crippen LogP contribution in [0.25, 0.3) is 0 Å². The smallest absolute Gasteiger partial charge is 0.126 e. The molecule has 4 nitrogen and oxygen atoms in total. The fourth-order valence-electron chi connectivity index (χ4n) is 5.98. The molecule has 1 heterocycles. The molecule has 4 rings (SSSR count). The van der Waals surface area contributed by atoms with Crippen LogP contribution in [0.1, 0.15) is 76.0 Å². The van der Waals surface area contributed by atoms with E-state index in [1.807, 2.05) is 0 Å². The minimum Gasteiger partial charge on any atom is -0.390 e. The first kappa shape index (κ1) is 28.2. The summed E-state index contributed by atoms with van der Waals surface area (Å²) >= 11 is 0. The zero-order valence-corrected chi connectivity index (χ0v) is 22.8. The van der Waals surface area contributed by atoms with Gasteiger partial charge >= 0.3 is 0 Å². The molecule has 0 bridgehead atoms. The van der Waals surface area contributed by atoms with E-state index in [0.717, 1.165) is 57.8 Å². The molecule has 0 spiro atoms. The Kier molecular flexibility index (Phi) is 9.38. The molecule has 1 saturated heterocycles. The molecule has 0 aromatic heterocycles. The van der Waals surface area contributed by atoms with E-state index < -0.39 is 17.7 Å². The molecule has 2 fully saturated rings. The lowest BCUT2D eigenvalue weighted by atomic mass is 9.74. The van der Waals surface area contributed by atoms with Crippen LogP contribution in [-0.4, -0.2) is 43.4 Å². The number of benzene rings is 2. The Bertz CT molecular complexity index is 990. The van der Waals surface area contributed by atoms with Crippen LogP contribution < -0.4 is 16.0 Å². The van der Waals surface area contributed by atoms with Gasteiger partial charge in [-0.05, 0) is 85.5 Å². The summed E-state index contributed by atoms with van der Waals surface area (Å²) in [7, 11) is 0. The molecule has 3 unspecified atom stereocenters. The van der Waals surface area contributed by atoms with Gasteiger partial charge in [0.1, 0.15) is 11.6 Å². The summed E-state index contributed by atoms with van der Waals surface area (Å²) < 4.78 is 27.8. The molecule has 204 valence electrons. The number of nitrogens with one attached hydrogen (secondary N) is 3. The van der Waals surface area contributed by atoms with E-state index in [-0.39, 0.29) is 17.0 Å². The van der Waals surface area contributed by atoms with Gasteiger partial charge in [0.05, 0.1) is 6.10 Å². The van der Waals surface area contributed by atoms with Gasteiger partial charge < -0.3 is 21.1 Å². The van der Waals surface area contributed by atoms with E-state index >= 15 is 0 Å². The minimum atomic E-state index is -0.703. The standard InChI is InChI=1S/C31H45F2N3O/c1-30(2,3)24-8-7-9-25(17-24)31(11-5-4-6-12-31)36-21-29(37)28(35-20-22-10-13-34-19-22)16-23-14-26(32)18-27(33)15-23/h7-9,14-15,17-18,22,28-29,34-37H,4-6,10-13,16,19-21H2,1-3H3. The van der Waals surface area contributed by atoms with Crippen molar-refractivity contribution in [1.82, 2.24) is 16.0 Å². The summed E-state index contributed by atoms with van der Waals surface area (Å²) in [6.45, 7) is 9.86. The number of aliphatic hydroxyl groups is 1. The fraction of sp³-hybridized carbons (Fsp3) is 0.613. The first-order chi connectivity index (χ1) is 17.6. The Labute approximate surface area is 221 Å². The second-order valence-corrected chi connectivity index (χ2v) is 12.3. The van der Waals surface area contributed by atoms with Gasteiger partial charge in [-0.1, -0.05) is 64.3 Å². The van der Waals surface area contributed by atoms with Crippen molar-refractivity contribution >= 4 is 0 Å². The van der Waals surface area contributed by atoms with Crippen molar-refractivity contribution < 1.29 is 13.9 Å². The predicted octanol–water partition coefficient (Wildman–Crippen LogP) is 5.18. The van der Waals surface area contributed by atoms with Crippen LogP contribution in [-0.2, 0) is 17.4 Å². The largest absolute Gasteiger partial charge is 0.390 e. The zero-order valence-electron chi connectivity index (χ0n) is 22.8. The lowest BCUT2D eigenvalue weighted by Gasteiger charge is -2.41. The first-order valence-corrected chi connectivity index (χ1v) is 14.1. The minimum absolute atomic E-state index is 0.0652. The molecule has 4 N–H and O–H groups in total. The molecule has 2 aromatic carbocycles. The van der Waals surface area contributed by atoms with Crippen molar-refractivity contribution in [3.8, 4) is 0 Å². The number of hydrogen-bond acceptors (Lipinski definition) is 4. The molecular formula is C31H45F2N3O. The number of aliphatic hydroxyl groups excluding tert-OH is 1. The van der Waals surface area contributed by atoms with E-state index in [1.54, 1.807) is 0 Å². The average molecular weight is 514 g/mol. The van der Waals surface area contributed by atoms with Crippen LogP contribution in [0.4, 0.5) is 8.78 Å². The molecule has 0 radical (unpaired) electrons. The Hall–Kier alpha value is -1.86. The Balaban J connectivity index is 1.51. The van der Waals surface area contributed by atoms with Crippen molar-refractivity contribution in [3.05, 3.63) is 70.8 Å². The molecule has 2 aliphatic rings. The van der Waals surface area contributed by atoms with Gasteiger partial charge in [-0.25, -0.2) is 8.78 Å². The van der Waals surface area contributed by atoms with Crippen LogP contribution >= 0.6 is 0 Å². The third kappa shape index (κ3) is 7.60. The van der Waals surface area contributed by atoms with Crippen LogP contribution in [0, 0.1) is 17.6 Å². The van der Waals surface area contributed by atoms with Gasteiger partial charge in [0, 0.05) is 24.2 Å². The van der Waals surface area contributed by atoms with Gasteiger partial charge in [0.25, 0.3) is 0 Å². The number of halogens is 2. The van der Waals surface area contributed by atoms with E-state index in [9.17, 15) is 13.9 Å². The highest BCUT2D eigenvalue weighted by molar-refractivity contribution is 5.34. The van der Waals surface area contributed by atoms with Crippen LogP contribution in [0.2, 0.25) is 0 Å². The second-order valence-electron chi connectivity index (χ2n) is 12.3. The van der Waals surface area contributed by atoms with Crippen molar-refractivity contribution in [2.24, 2.45) is 5.92 Å². The monoisotopic (exact) mass is 513 g/mol. The normalized spacial score (nSPS) is 21.6. The topological polar surface area (TPSA) is 56.3 Å². The van der Waals surface area contributed by atoms with E-state index in [2.05, 4.69) is 61.0 Å². The summed E-state index contributed by atoms with van der Waals surface area (Å²) in [5.41, 5.74) is 3.06. The molecule has 1 aliphatic carbocycles. The van der Waals surface area contributed by atoms with Crippen molar-refractivity contribution in [2.75, 3.05) is 26.2 Å². The Morgan fingerprint density at radius 3 is 2.43 bits per heavy atom. The molecule has 6 heteroatoms. The molecule has 2 aromatic rings. The maximum Gasteiger partial charge on any atom is 0.126 e. The Morgan fingerprint density at radius 1 is 1.05 bits per heavy atom. The summed E-state index contributed by atoms with van der Waals surface area (Å²) in [5, 5.41) is 22.2. The van der Waals surface area contributed by atoms with Crippen molar-refractivity contribution in [1.29, 1.82) is 0 Å².